The average molecular weight is 563 g/mol. The molecule has 0 unspecified atom stereocenters. The Morgan fingerprint density at radius 2 is 2.03 bits per heavy atom. The van der Waals surface area contributed by atoms with Crippen molar-refractivity contribution in [1.29, 1.82) is 0 Å². The van der Waals surface area contributed by atoms with Gasteiger partial charge in [0.1, 0.15) is 18.7 Å². The van der Waals surface area contributed by atoms with Crippen LogP contribution in [0.3, 0.4) is 0 Å². The molecule has 0 bridgehead atoms. The van der Waals surface area contributed by atoms with Gasteiger partial charge in [-0.3, -0.25) is 4.79 Å². The average Bonchev–Trinajstić information content (AvgIpc) is 2.89. The molecule has 39 heavy (non-hydrogen) atoms. The van der Waals surface area contributed by atoms with Crippen LogP contribution in [0.15, 0.2) is 42.7 Å². The molecule has 206 valence electrons. The van der Waals surface area contributed by atoms with Crippen LogP contribution >= 0.6 is 11.6 Å². The maximum absolute atomic E-state index is 13.8. The molecule has 0 spiro atoms. The number of carbonyl (C=O) groups is 1. The highest BCUT2D eigenvalue weighted by molar-refractivity contribution is 6.32. The van der Waals surface area contributed by atoms with Crippen LogP contribution in [0, 0.1) is 0 Å². The summed E-state index contributed by atoms with van der Waals surface area (Å²) in [6, 6.07) is 7.90. The summed E-state index contributed by atoms with van der Waals surface area (Å²) in [6.07, 6.45) is -3.28. The third-order valence-electron chi connectivity index (χ3n) is 6.48. The lowest BCUT2D eigenvalue weighted by atomic mass is 10.1. The number of fused-ring (bicyclic) bond motifs is 1. The molecule has 3 aromatic rings. The fourth-order valence-corrected chi connectivity index (χ4v) is 4.73. The summed E-state index contributed by atoms with van der Waals surface area (Å²) >= 11 is 6.31. The largest absolute Gasteiger partial charge is 0.483 e. The second kappa shape index (κ2) is 10.8. The second-order valence-electron chi connectivity index (χ2n) is 9.40. The molecule has 0 radical (unpaired) electrons. The van der Waals surface area contributed by atoms with E-state index in [0.29, 0.717) is 50.0 Å². The van der Waals surface area contributed by atoms with Gasteiger partial charge < -0.3 is 29.9 Å². The number of amides is 1. The van der Waals surface area contributed by atoms with Gasteiger partial charge in [0.15, 0.2) is 5.82 Å². The number of anilines is 3. The molecule has 1 atom stereocenters. The van der Waals surface area contributed by atoms with Crippen molar-refractivity contribution in [2.75, 3.05) is 55.4 Å². The van der Waals surface area contributed by atoms with Crippen LogP contribution < -0.4 is 25.0 Å². The highest BCUT2D eigenvalue weighted by Gasteiger charge is 2.33. The first-order chi connectivity index (χ1) is 18.6. The highest BCUT2D eigenvalue weighted by Crippen LogP contribution is 2.39. The van der Waals surface area contributed by atoms with Crippen molar-refractivity contribution < 1.29 is 27.4 Å². The Bertz CT molecular complexity index is 1390. The Morgan fingerprint density at radius 1 is 1.21 bits per heavy atom. The molecule has 0 aliphatic carbocycles. The monoisotopic (exact) mass is 562 g/mol. The SMILES string of the molecule is C[C@@H]1CN(C)CCN1c1cc(NC(=O)c2ccc(Cl)c(Oc3ncnc4c3OCCN4)c2)cc(C(F)(F)F)c1. The van der Waals surface area contributed by atoms with E-state index in [-0.39, 0.29) is 33.9 Å². The molecule has 1 aromatic heterocycles. The van der Waals surface area contributed by atoms with Crippen LogP contribution in [-0.2, 0) is 6.18 Å². The van der Waals surface area contributed by atoms with Gasteiger partial charge in [0.25, 0.3) is 11.8 Å². The summed E-state index contributed by atoms with van der Waals surface area (Å²) in [5, 5.41) is 5.87. The van der Waals surface area contributed by atoms with Gasteiger partial charge in [0, 0.05) is 42.6 Å². The van der Waals surface area contributed by atoms with Crippen molar-refractivity contribution in [3.8, 4) is 17.4 Å². The van der Waals surface area contributed by atoms with Crippen LogP contribution in [-0.4, -0.2) is 66.7 Å². The number of piperazine rings is 1. The molecule has 9 nitrogen and oxygen atoms in total. The molecule has 2 aliphatic rings. The van der Waals surface area contributed by atoms with Gasteiger partial charge in [-0.05, 0) is 50.4 Å². The molecule has 1 fully saturated rings. The van der Waals surface area contributed by atoms with E-state index in [1.54, 1.807) is 6.07 Å². The number of alkyl halides is 3. The van der Waals surface area contributed by atoms with Crippen LogP contribution in [0.5, 0.6) is 17.4 Å². The Hall–Kier alpha value is -3.77. The highest BCUT2D eigenvalue weighted by atomic mass is 35.5. The predicted octanol–water partition coefficient (Wildman–Crippen LogP) is 5.14. The number of nitrogens with one attached hydrogen (secondary N) is 2. The Morgan fingerprint density at radius 3 is 2.79 bits per heavy atom. The molecule has 2 N–H and O–H groups in total. The van der Waals surface area contributed by atoms with Crippen molar-refractivity contribution in [2.24, 2.45) is 0 Å². The smallest absolute Gasteiger partial charge is 0.416 e. The van der Waals surface area contributed by atoms with Crippen LogP contribution in [0.25, 0.3) is 0 Å². The minimum atomic E-state index is -4.58. The molecule has 1 saturated heterocycles. The topological polar surface area (TPSA) is 91.9 Å². The number of likely N-dealkylation sites (N-methyl/N-ethyl adjacent to an activating group) is 1. The number of nitrogens with zero attached hydrogens (tertiary/aromatic N) is 4. The lowest BCUT2D eigenvalue weighted by Gasteiger charge is -2.40. The Kier molecular flexibility index (Phi) is 7.41. The summed E-state index contributed by atoms with van der Waals surface area (Å²) in [4.78, 5) is 25.4. The number of benzene rings is 2. The molecule has 3 heterocycles. The van der Waals surface area contributed by atoms with Gasteiger partial charge in [-0.2, -0.15) is 18.2 Å². The van der Waals surface area contributed by atoms with Gasteiger partial charge in [-0.1, -0.05) is 11.6 Å². The fraction of sp³-hybridized carbons (Fsp3) is 0.346. The number of carbonyl (C=O) groups excluding carboxylic acids is 1. The molecular weight excluding hydrogens is 537 g/mol. The number of aromatic nitrogens is 2. The standard InChI is InChI=1S/C26H26ClF3N6O3/c1-15-13-35(2)6-7-36(15)19-11-17(26(28,29)30)10-18(12-19)34-24(37)16-3-4-20(27)21(9-16)39-25-22-23(32-14-33-25)31-5-8-38-22/h3-4,9-12,14-15H,5-8,13H2,1-2H3,(H,34,37)(H,31,32,33)/t15-/m1/s1. The molecule has 0 saturated carbocycles. The van der Waals surface area contributed by atoms with Crippen molar-refractivity contribution in [1.82, 2.24) is 14.9 Å². The van der Waals surface area contributed by atoms with Crippen molar-refractivity contribution in [3.05, 3.63) is 58.9 Å². The van der Waals surface area contributed by atoms with E-state index in [1.165, 1.54) is 24.5 Å². The van der Waals surface area contributed by atoms with E-state index in [4.69, 9.17) is 21.1 Å². The van der Waals surface area contributed by atoms with E-state index in [0.717, 1.165) is 12.1 Å². The van der Waals surface area contributed by atoms with Gasteiger partial charge in [-0.15, -0.1) is 0 Å². The maximum Gasteiger partial charge on any atom is 0.416 e. The van der Waals surface area contributed by atoms with E-state index >= 15 is 0 Å². The van der Waals surface area contributed by atoms with Gasteiger partial charge in [-0.25, -0.2) is 4.98 Å². The zero-order valence-corrected chi connectivity index (χ0v) is 21.9. The van der Waals surface area contributed by atoms with Crippen LogP contribution in [0.1, 0.15) is 22.8 Å². The van der Waals surface area contributed by atoms with Gasteiger partial charge >= 0.3 is 6.18 Å². The minimum absolute atomic E-state index is 0.00141. The molecular formula is C26H26ClF3N6O3. The maximum atomic E-state index is 13.8. The first kappa shape index (κ1) is 26.8. The Labute approximate surface area is 227 Å². The number of rotatable bonds is 5. The quantitative estimate of drug-likeness (QED) is 0.442. The number of hydrogen-bond acceptors (Lipinski definition) is 8. The summed E-state index contributed by atoms with van der Waals surface area (Å²) in [6.45, 7) is 4.91. The zero-order valence-electron chi connectivity index (χ0n) is 21.2. The van der Waals surface area contributed by atoms with E-state index in [2.05, 4.69) is 25.5 Å². The minimum Gasteiger partial charge on any atom is -0.483 e. The summed E-state index contributed by atoms with van der Waals surface area (Å²) in [7, 11) is 1.97. The van der Waals surface area contributed by atoms with E-state index in [1.807, 2.05) is 18.9 Å². The second-order valence-corrected chi connectivity index (χ2v) is 9.81. The lowest BCUT2D eigenvalue weighted by molar-refractivity contribution is -0.137. The first-order valence-electron chi connectivity index (χ1n) is 12.3. The number of halogens is 4. The molecule has 5 rings (SSSR count). The van der Waals surface area contributed by atoms with Crippen molar-refractivity contribution in [3.63, 3.8) is 0 Å². The summed E-state index contributed by atoms with van der Waals surface area (Å²) in [5.74, 6) is 0.372. The van der Waals surface area contributed by atoms with E-state index in [9.17, 15) is 18.0 Å². The van der Waals surface area contributed by atoms with Gasteiger partial charge in [0.2, 0.25) is 5.75 Å². The van der Waals surface area contributed by atoms with Crippen LogP contribution in [0.2, 0.25) is 5.02 Å². The molecule has 2 aliphatic heterocycles. The number of hydrogen-bond donors (Lipinski definition) is 2. The predicted molar refractivity (Wildman–Crippen MR) is 141 cm³/mol. The summed E-state index contributed by atoms with van der Waals surface area (Å²) in [5.41, 5.74) is -0.298. The first-order valence-corrected chi connectivity index (χ1v) is 12.6. The third kappa shape index (κ3) is 5.96. The zero-order chi connectivity index (χ0) is 27.7. The fourth-order valence-electron chi connectivity index (χ4n) is 4.58. The normalized spacial score (nSPS) is 17.6. The molecule has 1 amide bonds. The number of ether oxygens (including phenoxy) is 2. The van der Waals surface area contributed by atoms with Crippen molar-refractivity contribution >= 4 is 34.7 Å². The van der Waals surface area contributed by atoms with E-state index < -0.39 is 17.6 Å². The molecule has 13 heteroatoms. The van der Waals surface area contributed by atoms with Crippen molar-refractivity contribution in [2.45, 2.75) is 19.1 Å². The molecule has 2 aromatic carbocycles. The summed E-state index contributed by atoms with van der Waals surface area (Å²) < 4.78 is 52.7. The lowest BCUT2D eigenvalue weighted by Crippen LogP contribution is -2.50. The third-order valence-corrected chi connectivity index (χ3v) is 6.79. The van der Waals surface area contributed by atoms with Crippen LogP contribution in [0.4, 0.5) is 30.4 Å². The Balaban J connectivity index is 1.41. The van der Waals surface area contributed by atoms with Gasteiger partial charge in [0.05, 0.1) is 17.1 Å².